The molecule has 0 atom stereocenters. The van der Waals surface area contributed by atoms with E-state index in [2.05, 4.69) is 10.3 Å². The molecule has 1 aliphatic heterocycles. The summed E-state index contributed by atoms with van der Waals surface area (Å²) in [6, 6.07) is 12.6. The molecule has 0 fully saturated rings. The summed E-state index contributed by atoms with van der Waals surface area (Å²) in [4.78, 5) is 18.5. The van der Waals surface area contributed by atoms with Crippen molar-refractivity contribution in [3.8, 4) is 0 Å². The molecule has 2 aromatic rings. The highest BCUT2D eigenvalue weighted by atomic mass is 35.5. The van der Waals surface area contributed by atoms with Crippen molar-refractivity contribution < 1.29 is 13.2 Å². The fraction of sp³-hybridized carbons (Fsp3) is 0.364. The van der Waals surface area contributed by atoms with Crippen molar-refractivity contribution in [3.05, 3.63) is 63.6 Å². The summed E-state index contributed by atoms with van der Waals surface area (Å²) < 4.78 is 26.7. The zero-order valence-electron chi connectivity index (χ0n) is 18.0. The van der Waals surface area contributed by atoms with Gasteiger partial charge in [-0.25, -0.2) is 12.7 Å². The summed E-state index contributed by atoms with van der Waals surface area (Å²) in [5.74, 6) is 0.785. The predicted molar refractivity (Wildman–Crippen MR) is 128 cm³/mol. The Hall–Kier alpha value is -2.13. The van der Waals surface area contributed by atoms with E-state index in [4.69, 9.17) is 23.2 Å². The Kier molecular flexibility index (Phi) is 8.16. The molecule has 1 amide bonds. The number of sulfonamides is 1. The third-order valence-corrected chi connectivity index (χ3v) is 8.14. The Balaban J connectivity index is 1.50. The highest BCUT2D eigenvalue weighted by Gasteiger charge is 2.25. The van der Waals surface area contributed by atoms with E-state index in [1.165, 1.54) is 25.2 Å². The standard InChI is InChI=1S/C22H26Cl2N4O3S/c1-27(14-10-16-6-8-17(9-7-16)22-25-12-13-26-22)20(29)11-15-28(2)32(30,31)19-5-3-4-18(23)21(19)24/h3-9H,10-15H2,1-2H3,(H,25,26). The summed E-state index contributed by atoms with van der Waals surface area (Å²) in [5, 5.41) is 3.39. The monoisotopic (exact) mass is 496 g/mol. The van der Waals surface area contributed by atoms with Gasteiger partial charge < -0.3 is 10.2 Å². The third-order valence-electron chi connectivity index (χ3n) is 5.31. The molecule has 10 heteroatoms. The van der Waals surface area contributed by atoms with Crippen molar-refractivity contribution in [2.75, 3.05) is 40.3 Å². The van der Waals surface area contributed by atoms with Crippen molar-refractivity contribution in [2.45, 2.75) is 17.7 Å². The van der Waals surface area contributed by atoms with E-state index in [1.807, 2.05) is 24.3 Å². The van der Waals surface area contributed by atoms with Crippen LogP contribution in [0.3, 0.4) is 0 Å². The topological polar surface area (TPSA) is 82.1 Å². The second-order valence-corrected chi connectivity index (χ2v) is 10.3. The summed E-state index contributed by atoms with van der Waals surface area (Å²) in [7, 11) is -0.709. The molecule has 2 aromatic carbocycles. The molecule has 7 nitrogen and oxygen atoms in total. The molecule has 3 rings (SSSR count). The highest BCUT2D eigenvalue weighted by molar-refractivity contribution is 7.89. The number of amides is 1. The van der Waals surface area contributed by atoms with E-state index in [1.54, 1.807) is 11.9 Å². The third kappa shape index (κ3) is 5.81. The second kappa shape index (κ2) is 10.7. The van der Waals surface area contributed by atoms with Crippen LogP contribution in [0, 0.1) is 0 Å². The van der Waals surface area contributed by atoms with Crippen molar-refractivity contribution in [1.29, 1.82) is 0 Å². The number of hydrogen-bond acceptors (Lipinski definition) is 5. The molecule has 0 radical (unpaired) electrons. The average Bonchev–Trinajstić information content (AvgIpc) is 3.32. The van der Waals surface area contributed by atoms with Gasteiger partial charge in [-0.05, 0) is 24.1 Å². The first kappa shape index (κ1) is 24.5. The number of hydrogen-bond donors (Lipinski definition) is 1. The highest BCUT2D eigenvalue weighted by Crippen LogP contribution is 2.30. The Morgan fingerprint density at radius 1 is 1.09 bits per heavy atom. The number of aliphatic imine (C=N–C) groups is 1. The van der Waals surface area contributed by atoms with E-state index in [9.17, 15) is 13.2 Å². The average molecular weight is 497 g/mol. The zero-order valence-corrected chi connectivity index (χ0v) is 20.3. The van der Waals surface area contributed by atoms with Crippen LogP contribution in [0.25, 0.3) is 0 Å². The van der Waals surface area contributed by atoms with Gasteiger partial charge in [-0.15, -0.1) is 0 Å². The molecular weight excluding hydrogens is 471 g/mol. The first-order valence-electron chi connectivity index (χ1n) is 10.2. The summed E-state index contributed by atoms with van der Waals surface area (Å²) in [5.41, 5.74) is 2.17. The normalized spacial score (nSPS) is 13.7. The number of amidine groups is 1. The van der Waals surface area contributed by atoms with Gasteiger partial charge in [0.1, 0.15) is 10.7 Å². The van der Waals surface area contributed by atoms with E-state index < -0.39 is 10.0 Å². The minimum Gasteiger partial charge on any atom is -0.368 e. The van der Waals surface area contributed by atoms with Crippen molar-refractivity contribution in [2.24, 2.45) is 4.99 Å². The lowest BCUT2D eigenvalue weighted by Crippen LogP contribution is -2.34. The molecule has 0 saturated carbocycles. The van der Waals surface area contributed by atoms with Crippen LogP contribution in [-0.2, 0) is 21.2 Å². The number of halogens is 2. The molecule has 172 valence electrons. The maximum atomic E-state index is 12.8. The van der Waals surface area contributed by atoms with Gasteiger partial charge in [0, 0.05) is 45.7 Å². The molecule has 1 N–H and O–H groups in total. The van der Waals surface area contributed by atoms with E-state index in [0.717, 1.165) is 34.4 Å². The van der Waals surface area contributed by atoms with Crippen LogP contribution in [0.2, 0.25) is 10.0 Å². The Morgan fingerprint density at radius 2 is 1.81 bits per heavy atom. The van der Waals surface area contributed by atoms with Gasteiger partial charge in [0.25, 0.3) is 0 Å². The number of rotatable bonds is 9. The minimum absolute atomic E-state index is 0.0220. The molecule has 32 heavy (non-hydrogen) atoms. The summed E-state index contributed by atoms with van der Waals surface area (Å²) in [6.07, 6.45) is 0.767. The lowest BCUT2D eigenvalue weighted by Gasteiger charge is -2.21. The van der Waals surface area contributed by atoms with Crippen LogP contribution in [0.5, 0.6) is 0 Å². The molecule has 0 bridgehead atoms. The molecule has 1 heterocycles. The van der Waals surface area contributed by atoms with Crippen LogP contribution < -0.4 is 5.32 Å². The molecule has 0 saturated heterocycles. The molecule has 0 spiro atoms. The smallest absolute Gasteiger partial charge is 0.244 e. The van der Waals surface area contributed by atoms with Gasteiger partial charge in [-0.3, -0.25) is 9.79 Å². The number of carbonyl (C=O) groups excluding carboxylic acids is 1. The fourth-order valence-corrected chi connectivity index (χ4v) is 5.16. The van der Waals surface area contributed by atoms with Crippen molar-refractivity contribution in [1.82, 2.24) is 14.5 Å². The molecular formula is C22H26Cl2N4O3S. The van der Waals surface area contributed by atoms with Gasteiger partial charge in [0.2, 0.25) is 15.9 Å². The van der Waals surface area contributed by atoms with Crippen molar-refractivity contribution in [3.63, 3.8) is 0 Å². The van der Waals surface area contributed by atoms with Crippen LogP contribution in [0.15, 0.2) is 52.4 Å². The van der Waals surface area contributed by atoms with E-state index in [-0.39, 0.29) is 33.8 Å². The first-order valence-corrected chi connectivity index (χ1v) is 12.4. The Labute approximate surface area is 199 Å². The predicted octanol–water partition coefficient (Wildman–Crippen LogP) is 3.05. The van der Waals surface area contributed by atoms with Gasteiger partial charge in [0.15, 0.2) is 0 Å². The maximum Gasteiger partial charge on any atom is 0.244 e. The van der Waals surface area contributed by atoms with Crippen LogP contribution in [0.1, 0.15) is 17.5 Å². The first-order chi connectivity index (χ1) is 15.2. The summed E-state index contributed by atoms with van der Waals surface area (Å²) in [6.45, 7) is 2.24. The lowest BCUT2D eigenvalue weighted by molar-refractivity contribution is -0.129. The Bertz CT molecular complexity index is 1100. The quantitative estimate of drug-likeness (QED) is 0.578. The van der Waals surface area contributed by atoms with Crippen LogP contribution in [0.4, 0.5) is 0 Å². The van der Waals surface area contributed by atoms with Crippen LogP contribution >= 0.6 is 23.2 Å². The minimum atomic E-state index is -3.85. The molecule has 0 aromatic heterocycles. The number of nitrogens with one attached hydrogen (secondary N) is 1. The van der Waals surface area contributed by atoms with Gasteiger partial charge >= 0.3 is 0 Å². The zero-order chi connectivity index (χ0) is 23.3. The number of benzene rings is 2. The van der Waals surface area contributed by atoms with Gasteiger partial charge in [-0.2, -0.15) is 0 Å². The number of nitrogens with zero attached hydrogens (tertiary/aromatic N) is 3. The van der Waals surface area contributed by atoms with Gasteiger partial charge in [0.05, 0.1) is 16.6 Å². The Morgan fingerprint density at radius 3 is 2.47 bits per heavy atom. The number of carbonyl (C=O) groups is 1. The fourth-order valence-electron chi connectivity index (χ4n) is 3.26. The largest absolute Gasteiger partial charge is 0.368 e. The van der Waals surface area contributed by atoms with Gasteiger partial charge in [-0.1, -0.05) is 53.5 Å². The molecule has 0 unspecified atom stereocenters. The SMILES string of the molecule is CN(CCc1ccc(C2=NCCN2)cc1)C(=O)CCN(C)S(=O)(=O)c1cccc(Cl)c1Cl. The van der Waals surface area contributed by atoms with E-state index >= 15 is 0 Å². The number of likely N-dealkylation sites (N-methyl/N-ethyl adjacent to an activating group) is 1. The molecule has 0 aliphatic carbocycles. The van der Waals surface area contributed by atoms with Crippen molar-refractivity contribution >= 4 is 45.0 Å². The van der Waals surface area contributed by atoms with Crippen LogP contribution in [-0.4, -0.2) is 69.6 Å². The second-order valence-electron chi connectivity index (χ2n) is 7.55. The maximum absolute atomic E-state index is 12.8. The molecule has 1 aliphatic rings. The van der Waals surface area contributed by atoms with E-state index in [0.29, 0.717) is 13.0 Å². The summed E-state index contributed by atoms with van der Waals surface area (Å²) >= 11 is 12.0. The lowest BCUT2D eigenvalue weighted by atomic mass is 10.1.